The van der Waals surface area contributed by atoms with Gasteiger partial charge in [0.25, 0.3) is 0 Å². The number of halogens is 3. The summed E-state index contributed by atoms with van der Waals surface area (Å²) >= 11 is 10.1. The molecule has 0 bridgehead atoms. The van der Waals surface area contributed by atoms with E-state index in [1.807, 2.05) is 20.8 Å². The fourth-order valence-electron chi connectivity index (χ4n) is 3.61. The Morgan fingerprint density at radius 2 is 1.88 bits per heavy atom. The zero-order valence-electron chi connectivity index (χ0n) is 18.0. The Bertz CT molecular complexity index is 1180. The molecule has 1 aliphatic rings. The van der Waals surface area contributed by atoms with E-state index in [0.717, 1.165) is 11.2 Å². The highest BCUT2D eigenvalue weighted by Crippen LogP contribution is 2.36. The SMILES string of the molecule is CC(C)(C)OC(=O)N1CCN(c2ncc(Br)c3nc(-c4ccccc4F)c(Cl)cc23)CC1. The van der Waals surface area contributed by atoms with Gasteiger partial charge in [-0.05, 0) is 54.9 Å². The number of fused-ring (bicyclic) bond motifs is 1. The number of nitrogens with zero attached hydrogens (tertiary/aromatic N) is 4. The van der Waals surface area contributed by atoms with Gasteiger partial charge in [-0.1, -0.05) is 23.7 Å². The number of piperazine rings is 1. The summed E-state index contributed by atoms with van der Waals surface area (Å²) in [7, 11) is 0. The molecule has 6 nitrogen and oxygen atoms in total. The van der Waals surface area contributed by atoms with Crippen molar-refractivity contribution >= 4 is 50.3 Å². The smallest absolute Gasteiger partial charge is 0.410 e. The molecule has 0 N–H and O–H groups in total. The van der Waals surface area contributed by atoms with Gasteiger partial charge in [0.15, 0.2) is 0 Å². The molecule has 0 radical (unpaired) electrons. The van der Waals surface area contributed by atoms with E-state index in [1.165, 1.54) is 6.07 Å². The van der Waals surface area contributed by atoms with E-state index in [2.05, 4.69) is 30.8 Å². The summed E-state index contributed by atoms with van der Waals surface area (Å²) in [5.41, 5.74) is 0.837. The minimum atomic E-state index is -0.532. The lowest BCUT2D eigenvalue weighted by molar-refractivity contribution is 0.0240. The van der Waals surface area contributed by atoms with Crippen molar-refractivity contribution in [3.63, 3.8) is 0 Å². The third-order valence-corrected chi connectivity index (χ3v) is 5.97. The van der Waals surface area contributed by atoms with Crippen LogP contribution >= 0.6 is 27.5 Å². The largest absolute Gasteiger partial charge is 0.444 e. The molecule has 1 saturated heterocycles. The van der Waals surface area contributed by atoms with Gasteiger partial charge >= 0.3 is 6.09 Å². The number of carbonyl (C=O) groups is 1. The average Bonchev–Trinajstić information content (AvgIpc) is 2.73. The first-order chi connectivity index (χ1) is 15.1. The molecule has 1 aliphatic heterocycles. The first-order valence-electron chi connectivity index (χ1n) is 10.3. The van der Waals surface area contributed by atoms with E-state index >= 15 is 0 Å². The lowest BCUT2D eigenvalue weighted by atomic mass is 10.1. The maximum atomic E-state index is 14.4. The van der Waals surface area contributed by atoms with Crippen LogP contribution in [0.4, 0.5) is 15.0 Å². The van der Waals surface area contributed by atoms with Gasteiger partial charge in [-0.25, -0.2) is 19.2 Å². The van der Waals surface area contributed by atoms with Crippen LogP contribution in [0.1, 0.15) is 20.8 Å². The van der Waals surface area contributed by atoms with Gasteiger partial charge in [0, 0.05) is 43.3 Å². The summed E-state index contributed by atoms with van der Waals surface area (Å²) in [6, 6.07) is 8.19. The Morgan fingerprint density at radius 3 is 2.53 bits per heavy atom. The normalized spacial score (nSPS) is 14.7. The highest BCUT2D eigenvalue weighted by atomic mass is 79.9. The van der Waals surface area contributed by atoms with Gasteiger partial charge in [-0.2, -0.15) is 0 Å². The average molecular weight is 522 g/mol. The van der Waals surface area contributed by atoms with Gasteiger partial charge in [0.2, 0.25) is 0 Å². The van der Waals surface area contributed by atoms with Crippen molar-refractivity contribution in [2.75, 3.05) is 31.1 Å². The highest BCUT2D eigenvalue weighted by molar-refractivity contribution is 9.10. The summed E-state index contributed by atoms with van der Waals surface area (Å²) < 4.78 is 20.5. The second-order valence-corrected chi connectivity index (χ2v) is 9.84. The topological polar surface area (TPSA) is 58.6 Å². The van der Waals surface area contributed by atoms with Crippen LogP contribution in [0.3, 0.4) is 0 Å². The van der Waals surface area contributed by atoms with E-state index in [1.54, 1.807) is 35.4 Å². The molecular weight excluding hydrogens is 499 g/mol. The van der Waals surface area contributed by atoms with E-state index in [0.29, 0.717) is 52.4 Å². The molecule has 4 rings (SSSR count). The van der Waals surface area contributed by atoms with Crippen LogP contribution in [0.25, 0.3) is 22.2 Å². The maximum absolute atomic E-state index is 14.4. The summed E-state index contributed by atoms with van der Waals surface area (Å²) in [5, 5.41) is 1.10. The van der Waals surface area contributed by atoms with Crippen molar-refractivity contribution in [2.45, 2.75) is 26.4 Å². The van der Waals surface area contributed by atoms with E-state index < -0.39 is 5.60 Å². The summed E-state index contributed by atoms with van der Waals surface area (Å²) in [6.07, 6.45) is 1.37. The molecule has 1 fully saturated rings. The summed E-state index contributed by atoms with van der Waals surface area (Å²) in [6.45, 7) is 7.78. The van der Waals surface area contributed by atoms with Crippen LogP contribution in [0.5, 0.6) is 0 Å². The van der Waals surface area contributed by atoms with Crippen LogP contribution in [-0.4, -0.2) is 52.7 Å². The molecule has 1 aromatic carbocycles. The van der Waals surface area contributed by atoms with Crippen molar-refractivity contribution in [3.05, 3.63) is 51.8 Å². The number of aromatic nitrogens is 2. The van der Waals surface area contributed by atoms with Crippen LogP contribution in [0, 0.1) is 5.82 Å². The second-order valence-electron chi connectivity index (χ2n) is 8.58. The van der Waals surface area contributed by atoms with Gasteiger partial charge < -0.3 is 14.5 Å². The van der Waals surface area contributed by atoms with Crippen molar-refractivity contribution in [3.8, 4) is 11.3 Å². The Morgan fingerprint density at radius 1 is 1.19 bits per heavy atom. The Hall–Kier alpha value is -2.45. The summed E-state index contributed by atoms with van der Waals surface area (Å²) in [5.74, 6) is 0.339. The summed E-state index contributed by atoms with van der Waals surface area (Å²) in [4.78, 5) is 25.4. The number of ether oxygens (including phenoxy) is 1. The van der Waals surface area contributed by atoms with Crippen LogP contribution in [-0.2, 0) is 4.74 Å². The molecule has 1 amide bonds. The molecular formula is C23H23BrClFN4O2. The van der Waals surface area contributed by atoms with Gasteiger partial charge in [-0.3, -0.25) is 0 Å². The van der Waals surface area contributed by atoms with Crippen molar-refractivity contribution < 1.29 is 13.9 Å². The number of amides is 1. The standard InChI is InChI=1S/C23H23BrClFN4O2/c1-23(2,3)32-22(31)30-10-8-29(9-11-30)21-15-12-17(25)20(14-6-4-5-7-18(14)26)28-19(15)16(24)13-27-21/h4-7,12-13H,8-11H2,1-3H3. The first-order valence-corrected chi connectivity index (χ1v) is 11.4. The molecule has 3 aromatic rings. The number of carbonyl (C=O) groups excluding carboxylic acids is 1. The molecule has 3 heterocycles. The molecule has 168 valence electrons. The van der Waals surface area contributed by atoms with E-state index in [-0.39, 0.29) is 11.9 Å². The number of hydrogen-bond donors (Lipinski definition) is 0. The molecule has 0 saturated carbocycles. The number of benzene rings is 1. The van der Waals surface area contributed by atoms with Crippen molar-refractivity contribution in [1.82, 2.24) is 14.9 Å². The van der Waals surface area contributed by atoms with Gasteiger partial charge in [-0.15, -0.1) is 0 Å². The molecule has 9 heteroatoms. The fourth-order valence-corrected chi connectivity index (χ4v) is 4.27. The minimum absolute atomic E-state index is 0.315. The fraction of sp³-hybridized carbons (Fsp3) is 0.348. The van der Waals surface area contributed by atoms with Gasteiger partial charge in [0.1, 0.15) is 17.2 Å². The third-order valence-electron chi connectivity index (χ3n) is 5.10. The van der Waals surface area contributed by atoms with Crippen LogP contribution < -0.4 is 4.90 Å². The molecule has 0 unspecified atom stereocenters. The van der Waals surface area contributed by atoms with E-state index in [4.69, 9.17) is 16.3 Å². The predicted molar refractivity (Wildman–Crippen MR) is 128 cm³/mol. The second kappa shape index (κ2) is 8.83. The monoisotopic (exact) mass is 520 g/mol. The Balaban J connectivity index is 1.64. The molecule has 2 aromatic heterocycles. The quantitative estimate of drug-likeness (QED) is 0.420. The first kappa shape index (κ1) is 22.7. The Labute approximate surface area is 199 Å². The lowest BCUT2D eigenvalue weighted by Crippen LogP contribution is -2.50. The molecule has 32 heavy (non-hydrogen) atoms. The zero-order chi connectivity index (χ0) is 23.0. The van der Waals surface area contributed by atoms with Crippen LogP contribution in [0.15, 0.2) is 41.0 Å². The molecule has 0 aliphatic carbocycles. The highest BCUT2D eigenvalue weighted by Gasteiger charge is 2.27. The van der Waals surface area contributed by atoms with Crippen molar-refractivity contribution in [1.29, 1.82) is 0 Å². The molecule has 0 atom stereocenters. The number of pyridine rings is 2. The van der Waals surface area contributed by atoms with Crippen LogP contribution in [0.2, 0.25) is 5.02 Å². The number of hydrogen-bond acceptors (Lipinski definition) is 5. The minimum Gasteiger partial charge on any atom is -0.444 e. The van der Waals surface area contributed by atoms with Gasteiger partial charge in [0.05, 0.1) is 20.7 Å². The van der Waals surface area contributed by atoms with E-state index in [9.17, 15) is 9.18 Å². The number of rotatable bonds is 2. The number of anilines is 1. The maximum Gasteiger partial charge on any atom is 0.410 e. The Kier molecular flexibility index (Phi) is 6.27. The van der Waals surface area contributed by atoms with Crippen molar-refractivity contribution in [2.24, 2.45) is 0 Å². The lowest BCUT2D eigenvalue weighted by Gasteiger charge is -2.36. The molecule has 0 spiro atoms. The zero-order valence-corrected chi connectivity index (χ0v) is 20.4. The predicted octanol–water partition coefficient (Wildman–Crippen LogP) is 5.91. The third kappa shape index (κ3) is 4.66.